The van der Waals surface area contributed by atoms with Crippen LogP contribution in [0.25, 0.3) is 21.6 Å². The molecule has 0 aliphatic carbocycles. The Morgan fingerprint density at radius 1 is 1.22 bits per heavy atom. The van der Waals surface area contributed by atoms with Gasteiger partial charge in [0.25, 0.3) is 5.91 Å². The highest BCUT2D eigenvalue weighted by atomic mass is 32.1. The number of carbonyl (C=O) groups excluding carboxylic acids is 1. The maximum absolute atomic E-state index is 13.4. The van der Waals surface area contributed by atoms with Crippen molar-refractivity contribution in [3.8, 4) is 10.6 Å². The van der Waals surface area contributed by atoms with Crippen molar-refractivity contribution in [2.24, 2.45) is 0 Å². The molecular formula is C23H25N5O2S2. The first-order valence-corrected chi connectivity index (χ1v) is 12.5. The number of fused-ring (bicyclic) bond motifs is 1. The number of rotatable bonds is 7. The van der Waals surface area contributed by atoms with Crippen LogP contribution >= 0.6 is 22.7 Å². The zero-order valence-corrected chi connectivity index (χ0v) is 19.5. The number of ether oxygens (including phenoxy) is 1. The molecule has 1 saturated heterocycles. The quantitative estimate of drug-likeness (QED) is 0.444. The Morgan fingerprint density at radius 2 is 2.03 bits per heavy atom. The van der Waals surface area contributed by atoms with Crippen LogP contribution in [-0.2, 0) is 11.3 Å². The SMILES string of the molecule is CCn1ncc2c(C(=O)NC[C@@H](c3cccs3)N3CCOCC3)cc(-c3cccs3)nc21. The van der Waals surface area contributed by atoms with Gasteiger partial charge in [-0.3, -0.25) is 9.69 Å². The normalized spacial score (nSPS) is 15.8. The maximum Gasteiger partial charge on any atom is 0.252 e. The van der Waals surface area contributed by atoms with E-state index in [4.69, 9.17) is 9.72 Å². The topological polar surface area (TPSA) is 72.3 Å². The zero-order chi connectivity index (χ0) is 21.9. The van der Waals surface area contributed by atoms with Gasteiger partial charge in [0, 0.05) is 31.1 Å². The molecule has 7 nitrogen and oxygen atoms in total. The molecule has 0 radical (unpaired) electrons. The predicted octanol–water partition coefficient (Wildman–Crippen LogP) is 4.04. The van der Waals surface area contributed by atoms with Crippen LogP contribution in [0.2, 0.25) is 0 Å². The molecule has 9 heteroatoms. The van der Waals surface area contributed by atoms with Crippen molar-refractivity contribution in [3.05, 3.63) is 57.7 Å². The second-order valence-electron chi connectivity index (χ2n) is 7.62. The Labute approximate surface area is 194 Å². The molecule has 1 atom stereocenters. The zero-order valence-electron chi connectivity index (χ0n) is 17.9. The summed E-state index contributed by atoms with van der Waals surface area (Å²) in [7, 11) is 0. The van der Waals surface area contributed by atoms with Gasteiger partial charge >= 0.3 is 0 Å². The lowest BCUT2D eigenvalue weighted by molar-refractivity contribution is 0.0169. The van der Waals surface area contributed by atoms with E-state index in [-0.39, 0.29) is 11.9 Å². The number of carbonyl (C=O) groups is 1. The van der Waals surface area contributed by atoms with E-state index in [1.54, 1.807) is 28.9 Å². The summed E-state index contributed by atoms with van der Waals surface area (Å²) in [6.07, 6.45) is 1.75. The van der Waals surface area contributed by atoms with Crippen molar-refractivity contribution in [3.63, 3.8) is 0 Å². The van der Waals surface area contributed by atoms with Gasteiger partial charge in [-0.2, -0.15) is 5.10 Å². The van der Waals surface area contributed by atoms with Gasteiger partial charge in [0.15, 0.2) is 5.65 Å². The van der Waals surface area contributed by atoms with Crippen LogP contribution in [0, 0.1) is 0 Å². The van der Waals surface area contributed by atoms with Crippen molar-refractivity contribution < 1.29 is 9.53 Å². The first-order valence-electron chi connectivity index (χ1n) is 10.8. The molecule has 0 bridgehead atoms. The monoisotopic (exact) mass is 467 g/mol. The van der Waals surface area contributed by atoms with E-state index < -0.39 is 0 Å². The van der Waals surface area contributed by atoms with Crippen molar-refractivity contribution >= 4 is 39.6 Å². The molecule has 0 unspecified atom stereocenters. The third-order valence-electron chi connectivity index (χ3n) is 5.74. The van der Waals surface area contributed by atoms with Gasteiger partial charge in [0.05, 0.1) is 47.0 Å². The van der Waals surface area contributed by atoms with E-state index >= 15 is 0 Å². The van der Waals surface area contributed by atoms with E-state index in [1.165, 1.54) is 4.88 Å². The number of nitrogens with one attached hydrogen (secondary N) is 1. The van der Waals surface area contributed by atoms with Gasteiger partial charge < -0.3 is 10.1 Å². The summed E-state index contributed by atoms with van der Waals surface area (Å²) in [6.45, 7) is 6.44. The number of thiophene rings is 2. The summed E-state index contributed by atoms with van der Waals surface area (Å²) in [4.78, 5) is 22.9. The van der Waals surface area contributed by atoms with Crippen molar-refractivity contribution in [1.82, 2.24) is 25.0 Å². The highest BCUT2D eigenvalue weighted by Gasteiger charge is 2.25. The number of aryl methyl sites for hydroxylation is 1. The lowest BCUT2D eigenvalue weighted by Gasteiger charge is -2.34. The molecule has 4 aromatic rings. The Morgan fingerprint density at radius 3 is 2.75 bits per heavy atom. The van der Waals surface area contributed by atoms with E-state index in [1.807, 2.05) is 35.2 Å². The molecule has 166 valence electrons. The first-order chi connectivity index (χ1) is 15.7. The number of pyridine rings is 1. The maximum atomic E-state index is 13.4. The largest absolute Gasteiger partial charge is 0.379 e. The van der Waals surface area contributed by atoms with Gasteiger partial charge in [0.1, 0.15) is 0 Å². The molecule has 0 saturated carbocycles. The van der Waals surface area contributed by atoms with E-state index in [2.05, 4.69) is 32.8 Å². The van der Waals surface area contributed by atoms with Crippen LogP contribution in [0.4, 0.5) is 0 Å². The molecule has 1 N–H and O–H groups in total. The van der Waals surface area contributed by atoms with Gasteiger partial charge in [-0.15, -0.1) is 22.7 Å². The van der Waals surface area contributed by atoms with Crippen molar-refractivity contribution in [2.75, 3.05) is 32.8 Å². The fraction of sp³-hybridized carbons (Fsp3) is 0.348. The average molecular weight is 468 g/mol. The summed E-state index contributed by atoms with van der Waals surface area (Å²) < 4.78 is 7.37. The van der Waals surface area contributed by atoms with Gasteiger partial charge in [-0.25, -0.2) is 9.67 Å². The number of nitrogens with zero attached hydrogens (tertiary/aromatic N) is 4. The molecule has 5 rings (SSSR count). The van der Waals surface area contributed by atoms with E-state index in [9.17, 15) is 4.79 Å². The molecular weight excluding hydrogens is 442 g/mol. The summed E-state index contributed by atoms with van der Waals surface area (Å²) in [5.41, 5.74) is 2.16. The minimum absolute atomic E-state index is 0.0966. The standard InChI is InChI=1S/C23H25N5O2S2/c1-2-28-22-17(14-25-28)16(13-18(26-22)20-5-3-11-31-20)23(29)24-15-19(21-6-4-12-32-21)27-7-9-30-10-8-27/h3-6,11-14,19H,2,7-10,15H2,1H3,(H,24,29)/t19-/m0/s1. The molecule has 0 aromatic carbocycles. The molecule has 5 heterocycles. The highest BCUT2D eigenvalue weighted by Crippen LogP contribution is 2.29. The van der Waals surface area contributed by atoms with Crippen LogP contribution in [0.3, 0.4) is 0 Å². The van der Waals surface area contributed by atoms with Gasteiger partial charge in [-0.05, 0) is 35.9 Å². The van der Waals surface area contributed by atoms with Crippen LogP contribution in [0.15, 0.2) is 47.3 Å². The highest BCUT2D eigenvalue weighted by molar-refractivity contribution is 7.13. The summed E-state index contributed by atoms with van der Waals surface area (Å²) >= 11 is 3.34. The van der Waals surface area contributed by atoms with Gasteiger partial charge in [0.2, 0.25) is 0 Å². The molecule has 32 heavy (non-hydrogen) atoms. The smallest absolute Gasteiger partial charge is 0.252 e. The van der Waals surface area contributed by atoms with Crippen LogP contribution < -0.4 is 5.32 Å². The molecule has 4 aromatic heterocycles. The minimum atomic E-state index is -0.0966. The second kappa shape index (κ2) is 9.50. The Bertz CT molecular complexity index is 1180. The predicted molar refractivity (Wildman–Crippen MR) is 128 cm³/mol. The lowest BCUT2D eigenvalue weighted by atomic mass is 10.1. The van der Waals surface area contributed by atoms with E-state index in [0.717, 1.165) is 47.9 Å². The molecule has 1 aliphatic heterocycles. The Hall–Kier alpha value is -2.59. The molecule has 1 aliphatic rings. The summed E-state index contributed by atoms with van der Waals surface area (Å²) in [5.74, 6) is -0.0966. The van der Waals surface area contributed by atoms with Gasteiger partial charge in [-0.1, -0.05) is 12.1 Å². The first kappa shape index (κ1) is 21.3. The summed E-state index contributed by atoms with van der Waals surface area (Å²) in [6, 6.07) is 10.3. The van der Waals surface area contributed by atoms with Crippen LogP contribution in [0.1, 0.15) is 28.2 Å². The number of hydrogen-bond acceptors (Lipinski definition) is 7. The minimum Gasteiger partial charge on any atom is -0.379 e. The fourth-order valence-corrected chi connectivity index (χ4v) is 5.63. The fourth-order valence-electron chi connectivity index (χ4n) is 4.08. The van der Waals surface area contributed by atoms with Crippen LogP contribution in [-0.4, -0.2) is 58.4 Å². The number of amides is 1. The summed E-state index contributed by atoms with van der Waals surface area (Å²) in [5, 5.41) is 12.5. The number of morpholine rings is 1. The molecule has 1 fully saturated rings. The second-order valence-corrected chi connectivity index (χ2v) is 9.55. The Balaban J connectivity index is 1.44. The average Bonchev–Trinajstić information content (AvgIpc) is 3.61. The number of aromatic nitrogens is 3. The number of hydrogen-bond donors (Lipinski definition) is 1. The Kier molecular flexibility index (Phi) is 6.31. The van der Waals surface area contributed by atoms with Crippen LogP contribution in [0.5, 0.6) is 0 Å². The lowest BCUT2D eigenvalue weighted by Crippen LogP contribution is -2.43. The van der Waals surface area contributed by atoms with Crippen molar-refractivity contribution in [1.29, 1.82) is 0 Å². The molecule has 0 spiro atoms. The third kappa shape index (κ3) is 4.21. The van der Waals surface area contributed by atoms with E-state index in [0.29, 0.717) is 18.7 Å². The van der Waals surface area contributed by atoms with Crippen molar-refractivity contribution in [2.45, 2.75) is 19.5 Å². The third-order valence-corrected chi connectivity index (χ3v) is 7.61. The molecule has 1 amide bonds.